The summed E-state index contributed by atoms with van der Waals surface area (Å²) in [4.78, 5) is 27.5. The maximum atomic E-state index is 12.8. The van der Waals surface area contributed by atoms with Crippen LogP contribution in [0.25, 0.3) is 11.0 Å². The Hall–Kier alpha value is -2.96. The molecule has 1 N–H and O–H groups in total. The third-order valence-corrected chi connectivity index (χ3v) is 5.79. The van der Waals surface area contributed by atoms with Crippen molar-refractivity contribution in [2.24, 2.45) is 0 Å². The number of para-hydroxylation sites is 1. The number of nitrogens with zero attached hydrogens (tertiary/aromatic N) is 1. The van der Waals surface area contributed by atoms with Gasteiger partial charge in [0, 0.05) is 25.7 Å². The molecule has 1 amide bonds. The van der Waals surface area contributed by atoms with Crippen molar-refractivity contribution in [1.82, 2.24) is 10.2 Å². The van der Waals surface area contributed by atoms with Crippen LogP contribution in [-0.2, 0) is 4.74 Å². The van der Waals surface area contributed by atoms with Crippen LogP contribution in [0.2, 0.25) is 0 Å². The first kappa shape index (κ1) is 21.3. The lowest BCUT2D eigenvalue weighted by Crippen LogP contribution is -2.43. The van der Waals surface area contributed by atoms with E-state index < -0.39 is 0 Å². The first-order chi connectivity index (χ1) is 15.0. The number of carbonyl (C=O) groups excluding carboxylic acids is 1. The second kappa shape index (κ2) is 9.45. The molecule has 31 heavy (non-hydrogen) atoms. The molecule has 6 heteroatoms. The standard InChI is InChI=1S/C25H28N2O4/c1-17(2)18-7-9-19(10-8-18)21(27-11-13-30-14-12-27)16-26-25(29)24-15-22(28)20-5-3-4-6-23(20)31-24/h3-10,15,17,21H,11-14,16H2,1-2H3,(H,26,29)/t21-/m1/s1. The summed E-state index contributed by atoms with van der Waals surface area (Å²) in [6.07, 6.45) is 0. The predicted octanol–water partition coefficient (Wildman–Crippen LogP) is 3.72. The first-order valence-corrected chi connectivity index (χ1v) is 10.8. The molecule has 0 unspecified atom stereocenters. The van der Waals surface area contributed by atoms with Crippen LogP contribution in [0.3, 0.4) is 0 Å². The second-order valence-electron chi connectivity index (χ2n) is 8.17. The first-order valence-electron chi connectivity index (χ1n) is 10.8. The highest BCUT2D eigenvalue weighted by Crippen LogP contribution is 2.24. The Morgan fingerprint density at radius 2 is 1.71 bits per heavy atom. The van der Waals surface area contributed by atoms with Gasteiger partial charge in [-0.05, 0) is 29.2 Å². The SMILES string of the molecule is CC(C)c1ccc([C@@H](CNC(=O)c2cc(=O)c3ccccc3o2)N2CCOCC2)cc1. The van der Waals surface area contributed by atoms with Gasteiger partial charge in [-0.25, -0.2) is 0 Å². The Balaban J connectivity index is 1.54. The third-order valence-electron chi connectivity index (χ3n) is 5.79. The number of morpholine rings is 1. The minimum atomic E-state index is -0.389. The van der Waals surface area contributed by atoms with Crippen molar-refractivity contribution in [3.8, 4) is 0 Å². The van der Waals surface area contributed by atoms with E-state index in [1.807, 2.05) is 0 Å². The molecule has 162 valence electrons. The molecule has 6 nitrogen and oxygen atoms in total. The summed E-state index contributed by atoms with van der Waals surface area (Å²) in [5, 5.41) is 3.44. The van der Waals surface area contributed by atoms with E-state index >= 15 is 0 Å². The van der Waals surface area contributed by atoms with E-state index in [1.165, 1.54) is 11.6 Å². The van der Waals surface area contributed by atoms with Crippen molar-refractivity contribution in [2.75, 3.05) is 32.8 Å². The average Bonchev–Trinajstić information content (AvgIpc) is 2.80. The summed E-state index contributed by atoms with van der Waals surface area (Å²) in [5.41, 5.74) is 2.62. The molecule has 2 aromatic carbocycles. The largest absolute Gasteiger partial charge is 0.451 e. The van der Waals surface area contributed by atoms with Crippen molar-refractivity contribution in [3.63, 3.8) is 0 Å². The molecule has 1 fully saturated rings. The zero-order chi connectivity index (χ0) is 21.8. The highest BCUT2D eigenvalue weighted by atomic mass is 16.5. The maximum absolute atomic E-state index is 12.8. The fraction of sp³-hybridized carbons (Fsp3) is 0.360. The van der Waals surface area contributed by atoms with E-state index in [0.29, 0.717) is 36.6 Å². The van der Waals surface area contributed by atoms with Gasteiger partial charge in [-0.3, -0.25) is 14.5 Å². The number of rotatable bonds is 6. The van der Waals surface area contributed by atoms with Gasteiger partial charge in [0.1, 0.15) is 5.58 Å². The zero-order valence-corrected chi connectivity index (χ0v) is 18.0. The Bertz CT molecular complexity index is 1100. The molecule has 2 heterocycles. The Morgan fingerprint density at radius 1 is 1.03 bits per heavy atom. The topological polar surface area (TPSA) is 71.8 Å². The van der Waals surface area contributed by atoms with Gasteiger partial charge in [0.25, 0.3) is 5.91 Å². The molecule has 0 bridgehead atoms. The van der Waals surface area contributed by atoms with Crippen LogP contribution in [0, 0.1) is 0 Å². The van der Waals surface area contributed by atoms with Crippen LogP contribution >= 0.6 is 0 Å². The summed E-state index contributed by atoms with van der Waals surface area (Å²) in [5.74, 6) is 0.103. The van der Waals surface area contributed by atoms with Crippen LogP contribution in [0.1, 0.15) is 47.5 Å². The van der Waals surface area contributed by atoms with Gasteiger partial charge in [0.05, 0.1) is 24.6 Å². The number of benzene rings is 2. The maximum Gasteiger partial charge on any atom is 0.287 e. The molecular formula is C25H28N2O4. The lowest BCUT2D eigenvalue weighted by Gasteiger charge is -2.35. The Morgan fingerprint density at radius 3 is 2.42 bits per heavy atom. The molecule has 0 aliphatic carbocycles. The number of fused-ring (bicyclic) bond motifs is 1. The van der Waals surface area contributed by atoms with Gasteiger partial charge >= 0.3 is 0 Å². The normalized spacial score (nSPS) is 15.8. The molecule has 0 saturated carbocycles. The molecular weight excluding hydrogens is 392 g/mol. The molecule has 1 aliphatic rings. The minimum absolute atomic E-state index is 0.0150. The zero-order valence-electron chi connectivity index (χ0n) is 18.0. The van der Waals surface area contributed by atoms with Crippen molar-refractivity contribution in [1.29, 1.82) is 0 Å². The van der Waals surface area contributed by atoms with Crippen molar-refractivity contribution < 1.29 is 13.9 Å². The summed E-state index contributed by atoms with van der Waals surface area (Å²) < 4.78 is 11.2. The van der Waals surface area contributed by atoms with Crippen LogP contribution in [0.15, 0.2) is 63.8 Å². The van der Waals surface area contributed by atoms with E-state index in [2.05, 4.69) is 48.3 Å². The molecule has 4 rings (SSSR count). The Kier molecular flexibility index (Phi) is 6.49. The number of hydrogen-bond acceptors (Lipinski definition) is 5. The van der Waals surface area contributed by atoms with Gasteiger partial charge in [-0.1, -0.05) is 50.2 Å². The highest BCUT2D eigenvalue weighted by molar-refractivity contribution is 5.93. The quantitative estimate of drug-likeness (QED) is 0.658. The number of carbonyl (C=O) groups is 1. The predicted molar refractivity (Wildman–Crippen MR) is 120 cm³/mol. The summed E-state index contributed by atoms with van der Waals surface area (Å²) in [6, 6.07) is 16.8. The lowest BCUT2D eigenvalue weighted by atomic mass is 9.98. The van der Waals surface area contributed by atoms with Gasteiger partial charge in [0.15, 0.2) is 11.2 Å². The van der Waals surface area contributed by atoms with Crippen molar-refractivity contribution in [3.05, 3.63) is 81.7 Å². The molecule has 1 aliphatic heterocycles. The Labute approximate surface area is 181 Å². The van der Waals surface area contributed by atoms with E-state index in [1.54, 1.807) is 24.3 Å². The lowest BCUT2D eigenvalue weighted by molar-refractivity contribution is 0.0161. The number of nitrogens with one attached hydrogen (secondary N) is 1. The molecule has 0 spiro atoms. The second-order valence-corrected chi connectivity index (χ2v) is 8.17. The van der Waals surface area contributed by atoms with Crippen LogP contribution in [0.4, 0.5) is 0 Å². The van der Waals surface area contributed by atoms with Crippen LogP contribution in [0.5, 0.6) is 0 Å². The fourth-order valence-electron chi connectivity index (χ4n) is 3.94. The molecule has 1 saturated heterocycles. The van der Waals surface area contributed by atoms with Crippen LogP contribution in [-0.4, -0.2) is 43.7 Å². The van der Waals surface area contributed by atoms with E-state index in [-0.39, 0.29) is 23.1 Å². The van der Waals surface area contributed by atoms with Gasteiger partial charge in [-0.15, -0.1) is 0 Å². The van der Waals surface area contributed by atoms with Crippen LogP contribution < -0.4 is 10.7 Å². The summed E-state index contributed by atoms with van der Waals surface area (Å²) in [6.45, 7) is 7.71. The van der Waals surface area contributed by atoms with Gasteiger partial charge in [0.2, 0.25) is 0 Å². The number of ether oxygens (including phenoxy) is 1. The van der Waals surface area contributed by atoms with E-state index in [4.69, 9.17) is 9.15 Å². The number of hydrogen-bond donors (Lipinski definition) is 1. The average molecular weight is 421 g/mol. The van der Waals surface area contributed by atoms with E-state index in [9.17, 15) is 9.59 Å². The van der Waals surface area contributed by atoms with Crippen molar-refractivity contribution in [2.45, 2.75) is 25.8 Å². The third kappa shape index (κ3) is 4.86. The monoisotopic (exact) mass is 420 g/mol. The van der Waals surface area contributed by atoms with Gasteiger partial charge < -0.3 is 14.5 Å². The molecule has 1 aromatic heterocycles. The summed E-state index contributed by atoms with van der Waals surface area (Å²) >= 11 is 0. The molecule has 1 atom stereocenters. The fourth-order valence-corrected chi connectivity index (χ4v) is 3.94. The molecule has 3 aromatic rings. The summed E-state index contributed by atoms with van der Waals surface area (Å²) in [7, 11) is 0. The van der Waals surface area contributed by atoms with E-state index in [0.717, 1.165) is 18.7 Å². The highest BCUT2D eigenvalue weighted by Gasteiger charge is 2.24. The van der Waals surface area contributed by atoms with Crippen molar-refractivity contribution >= 4 is 16.9 Å². The molecule has 0 radical (unpaired) electrons. The smallest absolute Gasteiger partial charge is 0.287 e. The van der Waals surface area contributed by atoms with Gasteiger partial charge in [-0.2, -0.15) is 0 Å². The number of amides is 1. The minimum Gasteiger partial charge on any atom is -0.451 e.